The van der Waals surface area contributed by atoms with E-state index >= 15 is 0 Å². The van der Waals surface area contributed by atoms with Gasteiger partial charge in [0, 0.05) is 18.8 Å². The Morgan fingerprint density at radius 2 is 2.33 bits per heavy atom. The summed E-state index contributed by atoms with van der Waals surface area (Å²) in [5.41, 5.74) is 1.54. The van der Waals surface area contributed by atoms with Crippen molar-refractivity contribution in [3.8, 4) is 0 Å². The van der Waals surface area contributed by atoms with Gasteiger partial charge in [-0.1, -0.05) is 6.92 Å². The number of rotatable bonds is 4. The summed E-state index contributed by atoms with van der Waals surface area (Å²) in [6.45, 7) is 7.65. The molecule has 1 fully saturated rings. The predicted molar refractivity (Wildman–Crippen MR) is 68.1 cm³/mol. The fourth-order valence-corrected chi connectivity index (χ4v) is 2.26. The molecule has 1 aliphatic heterocycles. The quantitative estimate of drug-likeness (QED) is 0.867. The summed E-state index contributed by atoms with van der Waals surface area (Å²) in [5, 5.41) is 9.18. The zero-order valence-corrected chi connectivity index (χ0v) is 11.1. The monoisotopic (exact) mass is 251 g/mol. The van der Waals surface area contributed by atoms with Gasteiger partial charge in [-0.3, -0.25) is 4.90 Å². The first kappa shape index (κ1) is 13.4. The summed E-state index contributed by atoms with van der Waals surface area (Å²) in [5.74, 6) is 0.694. The van der Waals surface area contributed by atoms with Gasteiger partial charge in [-0.05, 0) is 26.0 Å². The molecule has 0 amide bonds. The highest BCUT2D eigenvalue weighted by molar-refractivity contribution is 5.11. The first-order valence-corrected chi connectivity index (χ1v) is 6.52. The third-order valence-electron chi connectivity index (χ3n) is 3.06. The van der Waals surface area contributed by atoms with Crippen LogP contribution < -0.4 is 0 Å². The van der Waals surface area contributed by atoms with Crippen molar-refractivity contribution in [2.24, 2.45) is 0 Å². The molecule has 0 radical (unpaired) electrons. The van der Waals surface area contributed by atoms with Gasteiger partial charge in [-0.15, -0.1) is 0 Å². The summed E-state index contributed by atoms with van der Waals surface area (Å²) in [7, 11) is 0. The van der Waals surface area contributed by atoms with Gasteiger partial charge in [0.1, 0.15) is 6.10 Å². The van der Waals surface area contributed by atoms with Crippen LogP contribution in [0, 0.1) is 6.92 Å². The van der Waals surface area contributed by atoms with Crippen molar-refractivity contribution < 1.29 is 9.84 Å². The van der Waals surface area contributed by atoms with Crippen LogP contribution in [-0.2, 0) is 11.3 Å². The van der Waals surface area contributed by atoms with Crippen LogP contribution in [0.1, 0.15) is 36.7 Å². The molecule has 1 aromatic heterocycles. The lowest BCUT2D eigenvalue weighted by Gasteiger charge is -2.32. The number of aryl methyl sites for hydroxylation is 1. The van der Waals surface area contributed by atoms with Crippen molar-refractivity contribution in [1.29, 1.82) is 0 Å². The van der Waals surface area contributed by atoms with E-state index in [1.54, 1.807) is 6.07 Å². The van der Waals surface area contributed by atoms with Gasteiger partial charge < -0.3 is 9.84 Å². The van der Waals surface area contributed by atoms with Crippen molar-refractivity contribution in [1.82, 2.24) is 14.9 Å². The molecule has 2 rings (SSSR count). The predicted octanol–water partition coefficient (Wildman–Crippen LogP) is 1.06. The third-order valence-corrected chi connectivity index (χ3v) is 3.06. The van der Waals surface area contributed by atoms with Gasteiger partial charge in [0.05, 0.1) is 18.9 Å². The van der Waals surface area contributed by atoms with Crippen molar-refractivity contribution in [3.63, 3.8) is 0 Å². The molecule has 5 heteroatoms. The number of ether oxygens (including phenoxy) is 1. The minimum atomic E-state index is -0.0736. The summed E-state index contributed by atoms with van der Waals surface area (Å²) < 4.78 is 5.75. The van der Waals surface area contributed by atoms with Gasteiger partial charge in [0.15, 0.2) is 5.82 Å². The highest BCUT2D eigenvalue weighted by atomic mass is 16.5. The lowest BCUT2D eigenvalue weighted by molar-refractivity contribution is -0.0344. The Morgan fingerprint density at radius 3 is 3.06 bits per heavy atom. The lowest BCUT2D eigenvalue weighted by atomic mass is 10.2. The van der Waals surface area contributed by atoms with E-state index in [2.05, 4.69) is 21.8 Å². The Bertz CT molecular complexity index is 396. The van der Waals surface area contributed by atoms with Crippen molar-refractivity contribution in [3.05, 3.63) is 23.3 Å². The van der Waals surface area contributed by atoms with Crippen LogP contribution in [0.4, 0.5) is 0 Å². The number of hydrogen-bond donors (Lipinski definition) is 1. The Balaban J connectivity index is 2.12. The molecule has 0 bridgehead atoms. The number of aliphatic hydroxyl groups is 1. The molecule has 2 heterocycles. The third kappa shape index (κ3) is 3.25. The average molecular weight is 251 g/mol. The number of aromatic nitrogens is 2. The fraction of sp³-hybridized carbons (Fsp3) is 0.692. The second kappa shape index (κ2) is 6.22. The first-order chi connectivity index (χ1) is 8.72. The Kier molecular flexibility index (Phi) is 4.63. The smallest absolute Gasteiger partial charge is 0.159 e. The second-order valence-corrected chi connectivity index (χ2v) is 4.68. The van der Waals surface area contributed by atoms with Gasteiger partial charge in [0.25, 0.3) is 0 Å². The summed E-state index contributed by atoms with van der Waals surface area (Å²) in [4.78, 5) is 11.2. The van der Waals surface area contributed by atoms with Crippen molar-refractivity contribution in [2.45, 2.75) is 33.0 Å². The minimum Gasteiger partial charge on any atom is -0.390 e. The largest absolute Gasteiger partial charge is 0.390 e. The topological polar surface area (TPSA) is 58.5 Å². The first-order valence-electron chi connectivity index (χ1n) is 6.52. The number of morpholine rings is 1. The fourth-order valence-electron chi connectivity index (χ4n) is 2.26. The van der Waals surface area contributed by atoms with Crippen molar-refractivity contribution in [2.75, 3.05) is 26.2 Å². The summed E-state index contributed by atoms with van der Waals surface area (Å²) >= 11 is 0. The van der Waals surface area contributed by atoms with Crippen LogP contribution in [0.3, 0.4) is 0 Å². The molecular weight excluding hydrogens is 230 g/mol. The number of aliphatic hydroxyl groups excluding tert-OH is 1. The standard InChI is InChI=1S/C13H21N3O2/c1-3-4-16-5-6-18-12(8-16)13-14-10(2)7-11(9-17)15-13/h7,12,17H,3-6,8-9H2,1-2H3. The normalized spacial score (nSPS) is 21.2. The minimum absolute atomic E-state index is 0.0538. The molecule has 5 nitrogen and oxygen atoms in total. The van der Waals surface area contributed by atoms with Crippen molar-refractivity contribution >= 4 is 0 Å². The Hall–Kier alpha value is -1.04. The van der Waals surface area contributed by atoms with E-state index in [9.17, 15) is 5.11 Å². The molecule has 1 aromatic rings. The summed E-state index contributed by atoms with van der Waals surface area (Å²) in [6.07, 6.45) is 1.07. The van der Waals surface area contributed by atoms with E-state index in [4.69, 9.17) is 4.74 Å². The lowest BCUT2D eigenvalue weighted by Crippen LogP contribution is -2.39. The van der Waals surface area contributed by atoms with E-state index in [1.807, 2.05) is 6.92 Å². The maximum atomic E-state index is 9.18. The van der Waals surface area contributed by atoms with E-state index in [0.717, 1.165) is 38.4 Å². The van der Waals surface area contributed by atoms with Crippen LogP contribution in [0.15, 0.2) is 6.07 Å². The SMILES string of the molecule is CCCN1CCOC(c2nc(C)cc(CO)n2)C1. The van der Waals surface area contributed by atoms with E-state index in [-0.39, 0.29) is 12.7 Å². The molecule has 1 saturated heterocycles. The van der Waals surface area contributed by atoms with E-state index < -0.39 is 0 Å². The molecule has 18 heavy (non-hydrogen) atoms. The van der Waals surface area contributed by atoms with Crippen LogP contribution in [-0.4, -0.2) is 46.2 Å². The highest BCUT2D eigenvalue weighted by Gasteiger charge is 2.24. The molecule has 1 aliphatic rings. The van der Waals surface area contributed by atoms with Gasteiger partial charge in [-0.2, -0.15) is 0 Å². The van der Waals surface area contributed by atoms with Gasteiger partial charge >= 0.3 is 0 Å². The van der Waals surface area contributed by atoms with Gasteiger partial charge in [0.2, 0.25) is 0 Å². The van der Waals surface area contributed by atoms with Crippen LogP contribution in [0.5, 0.6) is 0 Å². The molecule has 0 aliphatic carbocycles. The number of nitrogens with zero attached hydrogens (tertiary/aromatic N) is 3. The Labute approximate surface area is 108 Å². The molecule has 1 N–H and O–H groups in total. The molecule has 0 spiro atoms. The zero-order chi connectivity index (χ0) is 13.0. The molecule has 100 valence electrons. The summed E-state index contributed by atoms with van der Waals surface area (Å²) in [6, 6.07) is 1.80. The average Bonchev–Trinajstić information content (AvgIpc) is 2.39. The van der Waals surface area contributed by atoms with E-state index in [1.165, 1.54) is 0 Å². The highest BCUT2D eigenvalue weighted by Crippen LogP contribution is 2.20. The maximum absolute atomic E-state index is 9.18. The molecule has 1 unspecified atom stereocenters. The van der Waals surface area contributed by atoms with E-state index in [0.29, 0.717) is 11.5 Å². The molecular formula is C13H21N3O2. The number of hydrogen-bond acceptors (Lipinski definition) is 5. The van der Waals surface area contributed by atoms with Gasteiger partial charge in [-0.25, -0.2) is 9.97 Å². The zero-order valence-electron chi connectivity index (χ0n) is 11.1. The Morgan fingerprint density at radius 1 is 1.50 bits per heavy atom. The van der Waals surface area contributed by atoms with Crippen LogP contribution >= 0.6 is 0 Å². The second-order valence-electron chi connectivity index (χ2n) is 4.68. The molecule has 1 atom stereocenters. The van der Waals surface area contributed by atoms with Crippen LogP contribution in [0.2, 0.25) is 0 Å². The molecule has 0 saturated carbocycles. The van der Waals surface area contributed by atoms with Crippen LogP contribution in [0.25, 0.3) is 0 Å². The molecule has 0 aromatic carbocycles. The maximum Gasteiger partial charge on any atom is 0.159 e.